The minimum atomic E-state index is 0.153. The highest BCUT2D eigenvalue weighted by Crippen LogP contribution is 2.50. The molecule has 124 valence electrons. The standard InChI is InChI=1S/C19H21ClN4/c1-12-2-4-15-17(12)18(23-11-22-15)24-10-19(6-7-21-9-19)14-8-13(20)3-5-16(14)24/h3,5,8,11-12,21H,2,4,6-7,9-10H2,1H3. The number of aryl methyl sites for hydroxylation is 1. The maximum absolute atomic E-state index is 6.33. The molecule has 1 saturated heterocycles. The molecule has 1 aromatic heterocycles. The van der Waals surface area contributed by atoms with E-state index >= 15 is 0 Å². The molecule has 1 aromatic carbocycles. The number of benzene rings is 1. The molecule has 4 nitrogen and oxygen atoms in total. The number of rotatable bonds is 1. The van der Waals surface area contributed by atoms with Gasteiger partial charge in [-0.3, -0.25) is 0 Å². The fourth-order valence-electron chi connectivity index (χ4n) is 4.78. The summed E-state index contributed by atoms with van der Waals surface area (Å²) in [5.74, 6) is 1.64. The van der Waals surface area contributed by atoms with Gasteiger partial charge in [0.2, 0.25) is 0 Å². The van der Waals surface area contributed by atoms with Gasteiger partial charge in [0.15, 0.2) is 0 Å². The Morgan fingerprint density at radius 2 is 2.25 bits per heavy atom. The van der Waals surface area contributed by atoms with E-state index in [-0.39, 0.29) is 5.41 Å². The summed E-state index contributed by atoms with van der Waals surface area (Å²) >= 11 is 6.33. The SMILES string of the molecule is CC1CCc2ncnc(N3CC4(CCNC4)c4cc(Cl)ccc43)c21. The van der Waals surface area contributed by atoms with Gasteiger partial charge in [0, 0.05) is 40.5 Å². The average Bonchev–Trinajstić information content (AvgIpc) is 3.28. The summed E-state index contributed by atoms with van der Waals surface area (Å²) in [7, 11) is 0. The quantitative estimate of drug-likeness (QED) is 0.861. The first-order chi connectivity index (χ1) is 11.7. The van der Waals surface area contributed by atoms with E-state index in [4.69, 9.17) is 16.6 Å². The van der Waals surface area contributed by atoms with Crippen molar-refractivity contribution in [3.8, 4) is 0 Å². The molecule has 2 aliphatic heterocycles. The first-order valence-corrected chi connectivity index (χ1v) is 9.18. The van der Waals surface area contributed by atoms with Crippen LogP contribution in [0.3, 0.4) is 0 Å². The number of halogens is 1. The fourth-order valence-corrected chi connectivity index (χ4v) is 4.95. The van der Waals surface area contributed by atoms with Crippen LogP contribution in [0.2, 0.25) is 5.02 Å². The summed E-state index contributed by atoms with van der Waals surface area (Å²) in [5, 5.41) is 4.37. The van der Waals surface area contributed by atoms with E-state index in [0.29, 0.717) is 5.92 Å². The maximum Gasteiger partial charge on any atom is 0.140 e. The Kier molecular flexibility index (Phi) is 3.16. The van der Waals surface area contributed by atoms with Gasteiger partial charge in [-0.2, -0.15) is 0 Å². The third-order valence-electron chi connectivity index (χ3n) is 6.03. The van der Waals surface area contributed by atoms with Crippen LogP contribution in [0.25, 0.3) is 0 Å². The number of nitrogens with one attached hydrogen (secondary N) is 1. The molecular weight excluding hydrogens is 320 g/mol. The third kappa shape index (κ3) is 1.96. The molecular formula is C19H21ClN4. The topological polar surface area (TPSA) is 41.1 Å². The molecule has 0 radical (unpaired) electrons. The molecule has 2 aromatic rings. The Labute approximate surface area is 147 Å². The van der Waals surface area contributed by atoms with Gasteiger partial charge in [-0.15, -0.1) is 0 Å². The second kappa shape index (κ2) is 5.17. The number of anilines is 2. The molecule has 0 saturated carbocycles. The summed E-state index contributed by atoms with van der Waals surface area (Å²) in [4.78, 5) is 11.7. The van der Waals surface area contributed by atoms with E-state index in [9.17, 15) is 0 Å². The smallest absolute Gasteiger partial charge is 0.140 e. The molecule has 5 rings (SSSR count). The van der Waals surface area contributed by atoms with Gasteiger partial charge in [-0.1, -0.05) is 18.5 Å². The van der Waals surface area contributed by atoms with Crippen molar-refractivity contribution in [1.29, 1.82) is 0 Å². The monoisotopic (exact) mass is 340 g/mol. The van der Waals surface area contributed by atoms with Gasteiger partial charge in [-0.05, 0) is 55.5 Å². The lowest BCUT2D eigenvalue weighted by atomic mass is 9.82. The molecule has 1 N–H and O–H groups in total. The van der Waals surface area contributed by atoms with Crippen LogP contribution in [0.5, 0.6) is 0 Å². The third-order valence-corrected chi connectivity index (χ3v) is 6.27. The normalized spacial score (nSPS) is 27.8. The molecule has 0 amide bonds. The Morgan fingerprint density at radius 3 is 3.08 bits per heavy atom. The first-order valence-electron chi connectivity index (χ1n) is 8.80. The van der Waals surface area contributed by atoms with E-state index in [1.807, 2.05) is 6.07 Å². The lowest BCUT2D eigenvalue weighted by molar-refractivity contribution is 0.507. The zero-order valence-corrected chi connectivity index (χ0v) is 14.6. The van der Waals surface area contributed by atoms with E-state index in [2.05, 4.69) is 34.3 Å². The molecule has 5 heteroatoms. The molecule has 2 unspecified atom stereocenters. The van der Waals surface area contributed by atoms with Crippen LogP contribution in [0.4, 0.5) is 11.5 Å². The largest absolute Gasteiger partial charge is 0.325 e. The van der Waals surface area contributed by atoms with E-state index < -0.39 is 0 Å². The van der Waals surface area contributed by atoms with Crippen LogP contribution in [0.1, 0.15) is 42.5 Å². The number of hydrogen-bond acceptors (Lipinski definition) is 4. The van der Waals surface area contributed by atoms with Gasteiger partial charge in [0.25, 0.3) is 0 Å². The van der Waals surface area contributed by atoms with E-state index in [0.717, 1.165) is 43.3 Å². The van der Waals surface area contributed by atoms with Crippen molar-refractivity contribution in [2.24, 2.45) is 0 Å². The number of fused-ring (bicyclic) bond motifs is 3. The summed E-state index contributed by atoms with van der Waals surface area (Å²) in [5.41, 5.74) is 5.37. The van der Waals surface area contributed by atoms with Crippen LogP contribution in [-0.4, -0.2) is 29.6 Å². The molecule has 1 spiro atoms. The summed E-state index contributed by atoms with van der Waals surface area (Å²) in [6.07, 6.45) is 5.13. The number of nitrogens with zero attached hydrogens (tertiary/aromatic N) is 3. The Morgan fingerprint density at radius 1 is 1.33 bits per heavy atom. The molecule has 1 fully saturated rings. The van der Waals surface area contributed by atoms with Crippen LogP contribution in [-0.2, 0) is 11.8 Å². The van der Waals surface area contributed by atoms with Crippen molar-refractivity contribution in [3.05, 3.63) is 46.4 Å². The Hall–Kier alpha value is -1.65. The molecule has 24 heavy (non-hydrogen) atoms. The predicted octanol–water partition coefficient (Wildman–Crippen LogP) is 3.56. The zero-order valence-electron chi connectivity index (χ0n) is 13.8. The van der Waals surface area contributed by atoms with Gasteiger partial charge >= 0.3 is 0 Å². The molecule has 3 heterocycles. The Balaban J connectivity index is 1.68. The van der Waals surface area contributed by atoms with Gasteiger partial charge < -0.3 is 10.2 Å². The minimum absolute atomic E-state index is 0.153. The van der Waals surface area contributed by atoms with Crippen molar-refractivity contribution >= 4 is 23.1 Å². The van der Waals surface area contributed by atoms with Gasteiger partial charge in [0.1, 0.15) is 12.1 Å². The Bertz CT molecular complexity index is 813. The highest BCUT2D eigenvalue weighted by Gasteiger charge is 2.46. The molecule has 3 aliphatic rings. The summed E-state index contributed by atoms with van der Waals surface area (Å²) in [6.45, 7) is 5.36. The molecule has 1 aliphatic carbocycles. The lowest BCUT2D eigenvalue weighted by Gasteiger charge is -2.26. The molecule has 2 atom stereocenters. The van der Waals surface area contributed by atoms with E-state index in [1.54, 1.807) is 6.33 Å². The maximum atomic E-state index is 6.33. The lowest BCUT2D eigenvalue weighted by Crippen LogP contribution is -2.34. The van der Waals surface area contributed by atoms with Crippen molar-refractivity contribution in [2.45, 2.75) is 37.5 Å². The highest BCUT2D eigenvalue weighted by molar-refractivity contribution is 6.30. The zero-order chi connectivity index (χ0) is 16.3. The van der Waals surface area contributed by atoms with Crippen LogP contribution < -0.4 is 10.2 Å². The van der Waals surface area contributed by atoms with Gasteiger partial charge in [-0.25, -0.2) is 9.97 Å². The second-order valence-electron chi connectivity index (χ2n) is 7.45. The fraction of sp³-hybridized carbons (Fsp3) is 0.474. The van der Waals surface area contributed by atoms with Crippen molar-refractivity contribution in [2.75, 3.05) is 24.5 Å². The minimum Gasteiger partial charge on any atom is -0.325 e. The van der Waals surface area contributed by atoms with Crippen molar-refractivity contribution in [3.63, 3.8) is 0 Å². The van der Waals surface area contributed by atoms with Crippen molar-refractivity contribution in [1.82, 2.24) is 15.3 Å². The van der Waals surface area contributed by atoms with Crippen LogP contribution in [0, 0.1) is 0 Å². The highest BCUT2D eigenvalue weighted by atomic mass is 35.5. The van der Waals surface area contributed by atoms with Crippen molar-refractivity contribution < 1.29 is 0 Å². The molecule has 0 bridgehead atoms. The average molecular weight is 341 g/mol. The van der Waals surface area contributed by atoms with Crippen LogP contribution in [0.15, 0.2) is 24.5 Å². The number of aromatic nitrogens is 2. The summed E-state index contributed by atoms with van der Waals surface area (Å²) < 4.78 is 0. The van der Waals surface area contributed by atoms with E-state index in [1.165, 1.54) is 28.9 Å². The second-order valence-corrected chi connectivity index (χ2v) is 7.89. The predicted molar refractivity (Wildman–Crippen MR) is 96.4 cm³/mol. The summed E-state index contributed by atoms with van der Waals surface area (Å²) in [6, 6.07) is 6.33. The number of hydrogen-bond donors (Lipinski definition) is 1. The van der Waals surface area contributed by atoms with Crippen LogP contribution >= 0.6 is 11.6 Å². The van der Waals surface area contributed by atoms with Gasteiger partial charge in [0.05, 0.1) is 0 Å². The first kappa shape index (κ1) is 14.7.